The van der Waals surface area contributed by atoms with Crippen LogP contribution < -0.4 is 0 Å². The van der Waals surface area contributed by atoms with Crippen LogP contribution in [0.3, 0.4) is 0 Å². The molecule has 8 nitrogen and oxygen atoms in total. The van der Waals surface area contributed by atoms with E-state index in [0.29, 0.717) is 0 Å². The van der Waals surface area contributed by atoms with Gasteiger partial charge >= 0.3 is 19.6 Å². The quantitative estimate of drug-likeness (QED) is 0.426. The Labute approximate surface area is 165 Å². The van der Waals surface area contributed by atoms with E-state index in [2.05, 4.69) is 22.6 Å². The van der Waals surface area contributed by atoms with Crippen LogP contribution in [0.4, 0.5) is 4.79 Å². The van der Waals surface area contributed by atoms with Crippen molar-refractivity contribution in [3.63, 3.8) is 0 Å². The van der Waals surface area contributed by atoms with Gasteiger partial charge in [0.05, 0.1) is 0 Å². The summed E-state index contributed by atoms with van der Waals surface area (Å²) in [5, 5.41) is 9.58. The highest BCUT2D eigenvalue weighted by Gasteiger charge is 2.38. The number of carboxylic acid groups (broad SMARTS) is 1. The molecule has 1 aromatic rings. The Kier molecular flexibility index (Phi) is 6.70. The molecule has 0 bridgehead atoms. The largest absolute Gasteiger partial charge is 0.480 e. The summed E-state index contributed by atoms with van der Waals surface area (Å²) < 4.78 is 12.4. The molecule has 1 aromatic carbocycles. The lowest BCUT2D eigenvalue weighted by atomic mass is 9.94. The normalized spacial score (nSPS) is 17.2. The smallest absolute Gasteiger partial charge is 0.344 e. The first-order valence-electron chi connectivity index (χ1n) is 8.08. The van der Waals surface area contributed by atoms with E-state index >= 15 is 0 Å². The number of carbonyl (C=O) groups excluding carboxylic acids is 1. The summed E-state index contributed by atoms with van der Waals surface area (Å²) in [6.45, 7) is 3.87. The third-order valence-electron chi connectivity index (χ3n) is 4.04. The summed E-state index contributed by atoms with van der Waals surface area (Å²) in [7, 11) is -4.47. The number of nitrogens with zero attached hydrogens (tertiary/aromatic N) is 2. The zero-order chi connectivity index (χ0) is 19.6. The van der Waals surface area contributed by atoms with Crippen LogP contribution in [0.1, 0.15) is 25.0 Å². The van der Waals surface area contributed by atoms with E-state index in [1.54, 1.807) is 0 Å². The molecule has 1 unspecified atom stereocenters. The van der Waals surface area contributed by atoms with Gasteiger partial charge in [0.25, 0.3) is 0 Å². The van der Waals surface area contributed by atoms with Gasteiger partial charge in [-0.2, -0.15) is 0 Å². The summed E-state index contributed by atoms with van der Waals surface area (Å²) in [5.74, 6) is -1.16. The lowest BCUT2D eigenvalue weighted by Crippen LogP contribution is -2.54. The number of benzene rings is 1. The van der Waals surface area contributed by atoms with Gasteiger partial charge in [0.15, 0.2) is 0 Å². The van der Waals surface area contributed by atoms with Gasteiger partial charge in [-0.15, -0.1) is 0 Å². The number of aliphatic carboxylic acids is 1. The van der Waals surface area contributed by atoms with Crippen molar-refractivity contribution in [3.05, 3.63) is 32.9 Å². The summed E-state index contributed by atoms with van der Waals surface area (Å²) in [6.07, 6.45) is -0.564. The van der Waals surface area contributed by atoms with E-state index in [1.165, 1.54) is 4.90 Å². The van der Waals surface area contributed by atoms with Gasteiger partial charge in [-0.1, -0.05) is 19.9 Å². The summed E-state index contributed by atoms with van der Waals surface area (Å²) in [5.41, 5.74) is 1.72. The number of carboxylic acids is 1. The van der Waals surface area contributed by atoms with E-state index in [-0.39, 0.29) is 25.4 Å². The molecule has 1 atom stereocenters. The van der Waals surface area contributed by atoms with Gasteiger partial charge in [0, 0.05) is 23.1 Å². The Morgan fingerprint density at radius 3 is 2.54 bits per heavy atom. The molecule has 3 N–H and O–H groups in total. The molecule has 1 aliphatic rings. The van der Waals surface area contributed by atoms with Crippen molar-refractivity contribution in [2.45, 2.75) is 32.9 Å². The lowest BCUT2D eigenvalue weighted by Gasteiger charge is -2.38. The minimum Gasteiger partial charge on any atom is -0.480 e. The van der Waals surface area contributed by atoms with Gasteiger partial charge in [0.1, 0.15) is 12.3 Å². The first-order chi connectivity index (χ1) is 12.0. The van der Waals surface area contributed by atoms with Crippen molar-refractivity contribution < 1.29 is 29.0 Å². The molecule has 1 heterocycles. The van der Waals surface area contributed by atoms with Crippen LogP contribution in [0.2, 0.25) is 0 Å². The molecule has 1 aliphatic heterocycles. The standard InChI is InChI=1S/C16H22IN2O6P/c1-10(2)7-18(9-26(23,24)25)16(22)19-8-11-3-4-13(17)5-12(11)6-14(19)15(20)21/h3-5,10,14H,6-9H2,1-2H3,(H,20,21)(H2,23,24,25). The SMILES string of the molecule is CC(C)CN(CP(=O)(O)O)C(=O)N1Cc2ccc(I)cc2CC1C(=O)O. The van der Waals surface area contributed by atoms with Crippen LogP contribution in [0.15, 0.2) is 18.2 Å². The van der Waals surface area contributed by atoms with E-state index in [9.17, 15) is 29.0 Å². The number of rotatable bonds is 5. The number of urea groups is 1. The fraction of sp³-hybridized carbons (Fsp3) is 0.500. The van der Waals surface area contributed by atoms with Gasteiger partial charge in [-0.05, 0) is 51.8 Å². The zero-order valence-corrected chi connectivity index (χ0v) is 17.6. The molecule has 0 saturated carbocycles. The fourth-order valence-electron chi connectivity index (χ4n) is 3.01. The monoisotopic (exact) mass is 496 g/mol. The summed E-state index contributed by atoms with van der Waals surface area (Å²) >= 11 is 2.14. The van der Waals surface area contributed by atoms with Crippen LogP contribution in [-0.2, 0) is 22.3 Å². The third-order valence-corrected chi connectivity index (χ3v) is 5.42. The van der Waals surface area contributed by atoms with E-state index in [4.69, 9.17) is 0 Å². The number of fused-ring (bicyclic) bond motifs is 1. The highest BCUT2D eigenvalue weighted by Crippen LogP contribution is 2.36. The van der Waals surface area contributed by atoms with E-state index in [0.717, 1.165) is 19.6 Å². The predicted octanol–water partition coefficient (Wildman–Crippen LogP) is 2.32. The predicted molar refractivity (Wildman–Crippen MR) is 104 cm³/mol. The first kappa shape index (κ1) is 21.1. The Hall–Kier alpha value is -1.16. The topological polar surface area (TPSA) is 118 Å². The molecule has 0 aromatic heterocycles. The Balaban J connectivity index is 2.34. The molecule has 0 saturated heterocycles. The molecule has 0 spiro atoms. The average Bonchev–Trinajstić information content (AvgIpc) is 2.50. The minimum absolute atomic E-state index is 0.0209. The van der Waals surface area contributed by atoms with Crippen molar-refractivity contribution >= 4 is 42.2 Å². The molecule has 0 aliphatic carbocycles. The molecule has 2 rings (SSSR count). The van der Waals surface area contributed by atoms with Crippen molar-refractivity contribution in [3.8, 4) is 0 Å². The third kappa shape index (κ3) is 5.42. The molecular weight excluding hydrogens is 474 g/mol. The maximum atomic E-state index is 12.9. The maximum Gasteiger partial charge on any atom is 0.344 e. The van der Waals surface area contributed by atoms with Crippen LogP contribution in [0.25, 0.3) is 0 Å². The van der Waals surface area contributed by atoms with Crippen molar-refractivity contribution in [2.24, 2.45) is 5.92 Å². The first-order valence-corrected chi connectivity index (χ1v) is 11.0. The van der Waals surface area contributed by atoms with Crippen LogP contribution >= 0.6 is 30.2 Å². The molecule has 0 radical (unpaired) electrons. The summed E-state index contributed by atoms with van der Waals surface area (Å²) in [4.78, 5) is 45.5. The van der Waals surface area contributed by atoms with Crippen LogP contribution in [0.5, 0.6) is 0 Å². The Morgan fingerprint density at radius 2 is 2.00 bits per heavy atom. The van der Waals surface area contributed by atoms with Crippen molar-refractivity contribution in [1.29, 1.82) is 0 Å². The van der Waals surface area contributed by atoms with Gasteiger partial charge in [-0.25, -0.2) is 9.59 Å². The Morgan fingerprint density at radius 1 is 1.35 bits per heavy atom. The lowest BCUT2D eigenvalue weighted by molar-refractivity contribution is -0.142. The minimum atomic E-state index is -4.47. The van der Waals surface area contributed by atoms with E-state index in [1.807, 2.05) is 32.0 Å². The number of hydrogen-bond acceptors (Lipinski definition) is 3. The average molecular weight is 496 g/mol. The number of amides is 2. The van der Waals surface area contributed by atoms with Crippen LogP contribution in [0, 0.1) is 9.49 Å². The Bertz CT molecular complexity index is 750. The highest BCUT2D eigenvalue weighted by molar-refractivity contribution is 14.1. The second-order valence-electron chi connectivity index (χ2n) is 6.80. The zero-order valence-electron chi connectivity index (χ0n) is 14.5. The molecule has 10 heteroatoms. The second kappa shape index (κ2) is 8.24. The second-order valence-corrected chi connectivity index (χ2v) is 9.66. The number of carbonyl (C=O) groups is 2. The highest BCUT2D eigenvalue weighted by atomic mass is 127. The molecule has 144 valence electrons. The van der Waals surface area contributed by atoms with E-state index < -0.39 is 31.9 Å². The molecule has 2 amide bonds. The van der Waals surface area contributed by atoms with Crippen molar-refractivity contribution in [1.82, 2.24) is 9.80 Å². The molecular formula is C16H22IN2O6P. The molecule has 0 fully saturated rings. The summed E-state index contributed by atoms with van der Waals surface area (Å²) in [6, 6.07) is 3.89. The van der Waals surface area contributed by atoms with Gasteiger partial charge in [0.2, 0.25) is 0 Å². The maximum absolute atomic E-state index is 12.9. The van der Waals surface area contributed by atoms with Gasteiger partial charge in [-0.3, -0.25) is 4.57 Å². The molecule has 26 heavy (non-hydrogen) atoms. The number of hydrogen-bond donors (Lipinski definition) is 3. The van der Waals surface area contributed by atoms with Crippen LogP contribution in [-0.4, -0.2) is 55.6 Å². The van der Waals surface area contributed by atoms with Gasteiger partial charge < -0.3 is 24.7 Å². The van der Waals surface area contributed by atoms with Crippen molar-refractivity contribution in [2.75, 3.05) is 12.8 Å². The number of halogens is 1. The fourth-order valence-corrected chi connectivity index (χ4v) is 4.25.